The van der Waals surface area contributed by atoms with Crippen molar-refractivity contribution in [1.82, 2.24) is 20.1 Å². The zero-order valence-corrected chi connectivity index (χ0v) is 19.5. The van der Waals surface area contributed by atoms with Crippen molar-refractivity contribution in [2.24, 2.45) is 0 Å². The third kappa shape index (κ3) is 4.11. The number of rotatable bonds is 6. The Hall–Kier alpha value is -2.87. The number of hydrogen-bond donors (Lipinski definition) is 3. The first kappa shape index (κ1) is 22.3. The van der Waals surface area contributed by atoms with Crippen molar-refractivity contribution >= 4 is 23.8 Å². The topological polar surface area (TPSA) is 89.6 Å². The van der Waals surface area contributed by atoms with E-state index in [0.717, 1.165) is 85.5 Å². The molecule has 1 saturated carbocycles. The molecule has 0 atom stereocenters. The quantitative estimate of drug-likeness (QED) is 0.468. The van der Waals surface area contributed by atoms with Gasteiger partial charge in [-0.25, -0.2) is 4.98 Å². The molecule has 2 fully saturated rings. The standard InChI is InChI=1S/C24H34N6O2/c1-16(22-23(32)28-24(30(22)15-31)8-6-5-7-9-24)19-12-18-14-26-21(25-10-11-29(3)4)13-20(18)27-17(19)2/h13-15,27H,5-12H2,1-4H3,(H,25,26)(H,28,32)/b22-16-. The molecule has 172 valence electrons. The number of nitrogens with one attached hydrogen (secondary N) is 3. The second-order valence-corrected chi connectivity index (χ2v) is 9.36. The Bertz CT molecular complexity index is 975. The number of carbonyl (C=O) groups excluding carboxylic acids is 2. The lowest BCUT2D eigenvalue weighted by atomic mass is 9.88. The number of carbonyl (C=O) groups is 2. The van der Waals surface area contributed by atoms with Crippen LogP contribution in [0.4, 0.5) is 11.5 Å². The van der Waals surface area contributed by atoms with Crippen LogP contribution in [0, 0.1) is 0 Å². The fourth-order valence-corrected chi connectivity index (χ4v) is 5.06. The number of aromatic nitrogens is 1. The molecule has 3 heterocycles. The molecule has 1 spiro atoms. The summed E-state index contributed by atoms with van der Waals surface area (Å²) in [7, 11) is 4.09. The van der Waals surface area contributed by atoms with E-state index in [0.29, 0.717) is 12.1 Å². The summed E-state index contributed by atoms with van der Waals surface area (Å²) in [4.78, 5) is 33.5. The Balaban J connectivity index is 1.59. The molecule has 3 aliphatic rings. The lowest BCUT2D eigenvalue weighted by Crippen LogP contribution is -2.52. The van der Waals surface area contributed by atoms with E-state index >= 15 is 0 Å². The van der Waals surface area contributed by atoms with Crippen LogP contribution < -0.4 is 16.0 Å². The van der Waals surface area contributed by atoms with Crippen LogP contribution in [0.5, 0.6) is 0 Å². The van der Waals surface area contributed by atoms with Crippen molar-refractivity contribution in [1.29, 1.82) is 0 Å². The van der Waals surface area contributed by atoms with E-state index in [1.165, 1.54) is 0 Å². The molecule has 0 bridgehead atoms. The SMILES string of the molecule is CC1=C(/C(C)=C2/C(=O)NC3(CCCCC3)N2C=O)Cc2cnc(NCCN(C)C)cc2N1. The highest BCUT2D eigenvalue weighted by molar-refractivity contribution is 6.00. The summed E-state index contributed by atoms with van der Waals surface area (Å²) in [6.07, 6.45) is 8.18. The highest BCUT2D eigenvalue weighted by atomic mass is 16.2. The van der Waals surface area contributed by atoms with Gasteiger partial charge in [-0.2, -0.15) is 0 Å². The van der Waals surface area contributed by atoms with Gasteiger partial charge >= 0.3 is 0 Å². The van der Waals surface area contributed by atoms with Crippen LogP contribution in [0.2, 0.25) is 0 Å². The average molecular weight is 439 g/mol. The molecule has 0 unspecified atom stereocenters. The van der Waals surface area contributed by atoms with Gasteiger partial charge in [0.15, 0.2) is 0 Å². The van der Waals surface area contributed by atoms with Crippen LogP contribution in [-0.2, 0) is 16.0 Å². The average Bonchev–Trinajstić information content (AvgIpc) is 3.03. The zero-order valence-electron chi connectivity index (χ0n) is 19.5. The van der Waals surface area contributed by atoms with Gasteiger partial charge in [-0.3, -0.25) is 14.5 Å². The summed E-state index contributed by atoms with van der Waals surface area (Å²) in [5.41, 5.74) is 4.91. The summed E-state index contributed by atoms with van der Waals surface area (Å²) in [6, 6.07) is 2.03. The van der Waals surface area contributed by atoms with Crippen LogP contribution in [0.3, 0.4) is 0 Å². The number of nitrogens with zero attached hydrogens (tertiary/aromatic N) is 3. The first-order valence-corrected chi connectivity index (χ1v) is 11.5. The number of allylic oxidation sites excluding steroid dienone is 3. The van der Waals surface area contributed by atoms with Crippen molar-refractivity contribution in [3.05, 3.63) is 40.4 Å². The number of fused-ring (bicyclic) bond motifs is 1. The van der Waals surface area contributed by atoms with E-state index in [1.807, 2.05) is 40.2 Å². The normalized spacial score (nSPS) is 21.4. The van der Waals surface area contributed by atoms with E-state index in [1.54, 1.807) is 4.90 Å². The second-order valence-electron chi connectivity index (χ2n) is 9.36. The van der Waals surface area contributed by atoms with Crippen LogP contribution >= 0.6 is 0 Å². The summed E-state index contributed by atoms with van der Waals surface area (Å²) in [5.74, 6) is 0.687. The van der Waals surface area contributed by atoms with E-state index in [4.69, 9.17) is 0 Å². The van der Waals surface area contributed by atoms with E-state index in [-0.39, 0.29) is 5.91 Å². The Morgan fingerprint density at radius 3 is 2.75 bits per heavy atom. The van der Waals surface area contributed by atoms with Gasteiger partial charge in [-0.15, -0.1) is 0 Å². The number of likely N-dealkylation sites (N-methyl/N-ethyl adjacent to an activating group) is 1. The van der Waals surface area contributed by atoms with Crippen LogP contribution in [-0.4, -0.2) is 59.9 Å². The lowest BCUT2D eigenvalue weighted by molar-refractivity contribution is -0.121. The molecule has 2 aliphatic heterocycles. The van der Waals surface area contributed by atoms with E-state index < -0.39 is 5.66 Å². The van der Waals surface area contributed by atoms with Gasteiger partial charge in [-0.05, 0) is 70.3 Å². The number of anilines is 2. The molecule has 8 heteroatoms. The molecule has 1 aromatic heterocycles. The molecule has 0 aromatic carbocycles. The van der Waals surface area contributed by atoms with Gasteiger partial charge in [-0.1, -0.05) is 6.42 Å². The van der Waals surface area contributed by atoms with Crippen LogP contribution in [0.1, 0.15) is 51.5 Å². The van der Waals surface area contributed by atoms with Crippen molar-refractivity contribution in [2.45, 2.75) is 58.0 Å². The molecular formula is C24H34N6O2. The van der Waals surface area contributed by atoms with Gasteiger partial charge in [0.2, 0.25) is 6.41 Å². The molecule has 2 amide bonds. The predicted octanol–water partition coefficient (Wildman–Crippen LogP) is 2.82. The molecule has 0 radical (unpaired) electrons. The maximum Gasteiger partial charge on any atom is 0.270 e. The van der Waals surface area contributed by atoms with Gasteiger partial charge < -0.3 is 20.9 Å². The molecule has 32 heavy (non-hydrogen) atoms. The third-order valence-electron chi connectivity index (χ3n) is 6.85. The van der Waals surface area contributed by atoms with Gasteiger partial charge in [0.1, 0.15) is 17.2 Å². The largest absolute Gasteiger partial charge is 0.369 e. The highest BCUT2D eigenvalue weighted by Gasteiger charge is 2.49. The molecule has 4 rings (SSSR count). The fraction of sp³-hybridized carbons (Fsp3) is 0.542. The molecular weight excluding hydrogens is 404 g/mol. The van der Waals surface area contributed by atoms with Crippen molar-refractivity contribution in [3.63, 3.8) is 0 Å². The number of hydrogen-bond acceptors (Lipinski definition) is 6. The van der Waals surface area contributed by atoms with E-state index in [2.05, 4.69) is 25.8 Å². The molecule has 1 saturated heterocycles. The van der Waals surface area contributed by atoms with Crippen molar-refractivity contribution < 1.29 is 9.59 Å². The smallest absolute Gasteiger partial charge is 0.270 e. The van der Waals surface area contributed by atoms with Gasteiger partial charge in [0.25, 0.3) is 5.91 Å². The molecule has 3 N–H and O–H groups in total. The number of amides is 2. The Labute approximate surface area is 190 Å². The minimum atomic E-state index is -0.559. The second kappa shape index (κ2) is 8.94. The van der Waals surface area contributed by atoms with Crippen molar-refractivity contribution in [3.8, 4) is 0 Å². The molecule has 1 aromatic rings. The van der Waals surface area contributed by atoms with Gasteiger partial charge in [0, 0.05) is 43.2 Å². The Morgan fingerprint density at radius 1 is 1.31 bits per heavy atom. The molecule has 1 aliphatic carbocycles. The maximum atomic E-state index is 13.0. The summed E-state index contributed by atoms with van der Waals surface area (Å²) in [5, 5.41) is 9.98. The minimum absolute atomic E-state index is 0.152. The van der Waals surface area contributed by atoms with Crippen molar-refractivity contribution in [2.75, 3.05) is 37.8 Å². The molecule has 8 nitrogen and oxygen atoms in total. The minimum Gasteiger partial charge on any atom is -0.369 e. The third-order valence-corrected chi connectivity index (χ3v) is 6.85. The summed E-state index contributed by atoms with van der Waals surface area (Å²) < 4.78 is 0. The van der Waals surface area contributed by atoms with Gasteiger partial charge in [0.05, 0.1) is 0 Å². The summed E-state index contributed by atoms with van der Waals surface area (Å²) >= 11 is 0. The zero-order chi connectivity index (χ0) is 22.9. The highest BCUT2D eigenvalue weighted by Crippen LogP contribution is 2.40. The maximum absolute atomic E-state index is 13.0. The van der Waals surface area contributed by atoms with Crippen LogP contribution in [0.15, 0.2) is 34.8 Å². The first-order chi connectivity index (χ1) is 15.3. The Morgan fingerprint density at radius 2 is 2.06 bits per heavy atom. The lowest BCUT2D eigenvalue weighted by Gasteiger charge is -2.38. The Kier molecular flexibility index (Phi) is 6.24. The predicted molar refractivity (Wildman–Crippen MR) is 126 cm³/mol. The monoisotopic (exact) mass is 438 g/mol. The first-order valence-electron chi connectivity index (χ1n) is 11.5. The summed E-state index contributed by atoms with van der Waals surface area (Å²) in [6.45, 7) is 5.72. The number of pyridine rings is 1. The van der Waals surface area contributed by atoms with E-state index in [9.17, 15) is 9.59 Å². The fourth-order valence-electron chi connectivity index (χ4n) is 5.06. The van der Waals surface area contributed by atoms with Crippen LogP contribution in [0.25, 0.3) is 0 Å².